The standard InChI is InChI=1S/C16H24FNO2/c1-11-10-14(17)7-6-13(11)8-9-18-12(2)15(19)20-16(3,4)5/h6-7,10,12,18H,8-9H2,1-5H3. The van der Waals surface area contributed by atoms with Crippen LogP contribution >= 0.6 is 0 Å². The molecule has 1 N–H and O–H groups in total. The van der Waals surface area contributed by atoms with Crippen molar-refractivity contribution in [3.05, 3.63) is 35.1 Å². The van der Waals surface area contributed by atoms with Crippen molar-refractivity contribution in [3.8, 4) is 0 Å². The van der Waals surface area contributed by atoms with Crippen LogP contribution in [0.5, 0.6) is 0 Å². The summed E-state index contributed by atoms with van der Waals surface area (Å²) in [5, 5.41) is 3.13. The van der Waals surface area contributed by atoms with Crippen LogP contribution in [0.25, 0.3) is 0 Å². The monoisotopic (exact) mass is 281 g/mol. The van der Waals surface area contributed by atoms with E-state index in [-0.39, 0.29) is 17.8 Å². The summed E-state index contributed by atoms with van der Waals surface area (Å²) in [4.78, 5) is 11.8. The number of carbonyl (C=O) groups is 1. The topological polar surface area (TPSA) is 38.3 Å². The van der Waals surface area contributed by atoms with Gasteiger partial charge < -0.3 is 10.1 Å². The second kappa shape index (κ2) is 6.84. The van der Waals surface area contributed by atoms with Crippen molar-refractivity contribution < 1.29 is 13.9 Å². The molecule has 1 atom stereocenters. The second-order valence-corrected chi connectivity index (χ2v) is 6.03. The average Bonchev–Trinajstić information content (AvgIpc) is 2.29. The normalized spacial score (nSPS) is 13.1. The minimum atomic E-state index is -0.472. The van der Waals surface area contributed by atoms with E-state index in [2.05, 4.69) is 5.32 Å². The molecule has 0 spiro atoms. The molecule has 0 aliphatic rings. The lowest BCUT2D eigenvalue weighted by molar-refractivity contribution is -0.156. The number of rotatable bonds is 5. The molecule has 3 nitrogen and oxygen atoms in total. The second-order valence-electron chi connectivity index (χ2n) is 6.03. The number of carbonyl (C=O) groups excluding carboxylic acids is 1. The van der Waals surface area contributed by atoms with Crippen molar-refractivity contribution in [2.24, 2.45) is 0 Å². The van der Waals surface area contributed by atoms with Crippen LogP contribution in [0.1, 0.15) is 38.8 Å². The summed E-state index contributed by atoms with van der Waals surface area (Å²) in [6.45, 7) is 9.85. The van der Waals surface area contributed by atoms with E-state index < -0.39 is 5.60 Å². The van der Waals surface area contributed by atoms with E-state index in [9.17, 15) is 9.18 Å². The van der Waals surface area contributed by atoms with Crippen LogP contribution in [-0.4, -0.2) is 24.2 Å². The molecule has 1 rings (SSSR count). The van der Waals surface area contributed by atoms with E-state index in [0.29, 0.717) is 6.54 Å². The van der Waals surface area contributed by atoms with Gasteiger partial charge in [-0.3, -0.25) is 4.79 Å². The number of aryl methyl sites for hydroxylation is 1. The van der Waals surface area contributed by atoms with Crippen LogP contribution in [0.3, 0.4) is 0 Å². The molecule has 0 fully saturated rings. The number of hydrogen-bond acceptors (Lipinski definition) is 3. The van der Waals surface area contributed by atoms with Gasteiger partial charge in [0.05, 0.1) is 0 Å². The molecular weight excluding hydrogens is 257 g/mol. The van der Waals surface area contributed by atoms with Gasteiger partial charge in [-0.25, -0.2) is 4.39 Å². The molecule has 4 heteroatoms. The van der Waals surface area contributed by atoms with Crippen molar-refractivity contribution in [1.29, 1.82) is 0 Å². The third kappa shape index (κ3) is 5.70. The van der Waals surface area contributed by atoms with Gasteiger partial charge in [-0.2, -0.15) is 0 Å². The Hall–Kier alpha value is -1.42. The molecule has 1 aromatic carbocycles. The van der Waals surface area contributed by atoms with E-state index in [4.69, 9.17) is 4.74 Å². The SMILES string of the molecule is Cc1cc(F)ccc1CCNC(C)C(=O)OC(C)(C)C. The molecule has 0 saturated heterocycles. The highest BCUT2D eigenvalue weighted by atomic mass is 19.1. The molecular formula is C16H24FNO2. The maximum Gasteiger partial charge on any atom is 0.323 e. The minimum absolute atomic E-state index is 0.221. The Morgan fingerprint density at radius 2 is 2.05 bits per heavy atom. The molecule has 1 unspecified atom stereocenters. The highest BCUT2D eigenvalue weighted by Crippen LogP contribution is 2.11. The van der Waals surface area contributed by atoms with E-state index in [1.54, 1.807) is 13.0 Å². The zero-order chi connectivity index (χ0) is 15.3. The Kier molecular flexibility index (Phi) is 5.69. The van der Waals surface area contributed by atoms with Gasteiger partial charge >= 0.3 is 5.97 Å². The third-order valence-corrected chi connectivity index (χ3v) is 2.91. The predicted octanol–water partition coefficient (Wildman–Crippen LogP) is 3.00. The Bertz CT molecular complexity index is 466. The van der Waals surface area contributed by atoms with E-state index >= 15 is 0 Å². The molecule has 0 aliphatic carbocycles. The fraction of sp³-hybridized carbons (Fsp3) is 0.562. The Morgan fingerprint density at radius 1 is 1.40 bits per heavy atom. The Labute approximate surface area is 120 Å². The number of benzene rings is 1. The zero-order valence-electron chi connectivity index (χ0n) is 12.9. The van der Waals surface area contributed by atoms with Gasteiger partial charge in [-0.15, -0.1) is 0 Å². The molecule has 20 heavy (non-hydrogen) atoms. The minimum Gasteiger partial charge on any atom is -0.459 e. The first-order valence-electron chi connectivity index (χ1n) is 6.90. The molecule has 0 radical (unpaired) electrons. The Balaban J connectivity index is 2.42. The smallest absolute Gasteiger partial charge is 0.323 e. The quantitative estimate of drug-likeness (QED) is 0.843. The molecule has 0 heterocycles. The average molecular weight is 281 g/mol. The number of ether oxygens (including phenoxy) is 1. The van der Waals surface area contributed by atoms with Gasteiger partial charge in [-0.1, -0.05) is 6.07 Å². The summed E-state index contributed by atoms with van der Waals surface area (Å²) in [5.41, 5.74) is 1.53. The summed E-state index contributed by atoms with van der Waals surface area (Å²) in [7, 11) is 0. The molecule has 0 aromatic heterocycles. The fourth-order valence-corrected chi connectivity index (χ4v) is 1.84. The van der Waals surface area contributed by atoms with Crippen LogP contribution in [0, 0.1) is 12.7 Å². The molecule has 0 saturated carbocycles. The van der Waals surface area contributed by atoms with Gasteiger partial charge in [0.15, 0.2) is 0 Å². The summed E-state index contributed by atoms with van der Waals surface area (Å²) < 4.78 is 18.3. The third-order valence-electron chi connectivity index (χ3n) is 2.91. The number of nitrogens with one attached hydrogen (secondary N) is 1. The molecule has 0 aliphatic heterocycles. The summed E-state index contributed by atoms with van der Waals surface area (Å²) >= 11 is 0. The largest absolute Gasteiger partial charge is 0.459 e. The fourth-order valence-electron chi connectivity index (χ4n) is 1.84. The zero-order valence-corrected chi connectivity index (χ0v) is 12.9. The van der Waals surface area contributed by atoms with Crippen LogP contribution in [0.4, 0.5) is 4.39 Å². The van der Waals surface area contributed by atoms with Crippen LogP contribution in [-0.2, 0) is 16.0 Å². The highest BCUT2D eigenvalue weighted by molar-refractivity contribution is 5.75. The van der Waals surface area contributed by atoms with Gasteiger partial charge in [0.2, 0.25) is 0 Å². The van der Waals surface area contributed by atoms with Crippen molar-refractivity contribution >= 4 is 5.97 Å². The molecule has 112 valence electrons. The lowest BCUT2D eigenvalue weighted by Crippen LogP contribution is -2.40. The first-order valence-corrected chi connectivity index (χ1v) is 6.90. The van der Waals surface area contributed by atoms with Gasteiger partial charge in [0.25, 0.3) is 0 Å². The van der Waals surface area contributed by atoms with Gasteiger partial charge in [0.1, 0.15) is 17.5 Å². The number of esters is 1. The van der Waals surface area contributed by atoms with Crippen molar-refractivity contribution in [1.82, 2.24) is 5.32 Å². The van der Waals surface area contributed by atoms with Crippen molar-refractivity contribution in [2.45, 2.75) is 52.7 Å². The summed E-state index contributed by atoms with van der Waals surface area (Å²) in [6, 6.07) is 4.41. The van der Waals surface area contributed by atoms with Crippen molar-refractivity contribution in [3.63, 3.8) is 0 Å². The Morgan fingerprint density at radius 3 is 2.60 bits per heavy atom. The molecule has 0 amide bonds. The maximum atomic E-state index is 13.0. The van der Waals surface area contributed by atoms with E-state index in [0.717, 1.165) is 17.5 Å². The van der Waals surface area contributed by atoms with E-state index in [1.165, 1.54) is 12.1 Å². The van der Waals surface area contributed by atoms with Crippen LogP contribution in [0.2, 0.25) is 0 Å². The van der Waals surface area contributed by atoms with Crippen LogP contribution in [0.15, 0.2) is 18.2 Å². The summed E-state index contributed by atoms with van der Waals surface area (Å²) in [6.07, 6.45) is 0.749. The lowest BCUT2D eigenvalue weighted by Gasteiger charge is -2.22. The lowest BCUT2D eigenvalue weighted by atomic mass is 10.1. The molecule has 1 aromatic rings. The number of hydrogen-bond donors (Lipinski definition) is 1. The first-order chi connectivity index (χ1) is 9.19. The first kappa shape index (κ1) is 16.6. The molecule has 0 bridgehead atoms. The predicted molar refractivity (Wildman–Crippen MR) is 78.2 cm³/mol. The van der Waals surface area contributed by atoms with Crippen LogP contribution < -0.4 is 5.32 Å². The van der Waals surface area contributed by atoms with Crippen molar-refractivity contribution in [2.75, 3.05) is 6.54 Å². The summed E-state index contributed by atoms with van der Waals surface area (Å²) in [5.74, 6) is -0.477. The highest BCUT2D eigenvalue weighted by Gasteiger charge is 2.21. The van der Waals surface area contributed by atoms with E-state index in [1.807, 2.05) is 27.7 Å². The number of halogens is 1. The maximum absolute atomic E-state index is 13.0. The van der Waals surface area contributed by atoms with Gasteiger partial charge in [-0.05, 0) is 70.8 Å². The van der Waals surface area contributed by atoms with Gasteiger partial charge in [0, 0.05) is 0 Å².